The molecule has 314 valence electrons. The van der Waals surface area contributed by atoms with Gasteiger partial charge in [0.25, 0.3) is 0 Å². The highest BCUT2D eigenvalue weighted by Gasteiger charge is 2.24. The first-order valence-corrected chi connectivity index (χ1v) is 22.6. The second-order valence-corrected chi connectivity index (χ2v) is 15.3. The molecule has 1 unspecified atom stereocenters. The van der Waals surface area contributed by atoms with E-state index in [1.54, 1.807) is 4.90 Å². The SMILES string of the molecule is CCCCCCCCCCCCCCCC(=O)OCCN(CCOC(=O)CCCCCCCCCCCCCCC)C(=O)C(CCCCN)NCCO. The fourth-order valence-electron chi connectivity index (χ4n) is 6.85. The standard InChI is InChI=1S/C44H87N3O6/c1-3-5-7-9-11-13-15-17-19-21-23-25-27-32-42(49)52-39-36-47(44(51)41(46-35-38-48)31-29-30-34-45)37-40-53-43(50)33-28-26-24-22-20-18-16-14-12-10-8-6-4-2/h41,46,48H,3-40,45H2,1-2H3. The molecule has 0 saturated carbocycles. The molecule has 0 aromatic rings. The van der Waals surface area contributed by atoms with Gasteiger partial charge in [-0.15, -0.1) is 0 Å². The molecule has 0 bridgehead atoms. The first kappa shape index (κ1) is 51.3. The predicted molar refractivity (Wildman–Crippen MR) is 221 cm³/mol. The highest BCUT2D eigenvalue weighted by molar-refractivity contribution is 5.82. The maximum atomic E-state index is 13.6. The van der Waals surface area contributed by atoms with Crippen molar-refractivity contribution in [2.45, 2.75) is 219 Å². The number of carbonyl (C=O) groups is 3. The number of unbranched alkanes of at least 4 members (excludes halogenated alkanes) is 25. The summed E-state index contributed by atoms with van der Waals surface area (Å²) in [5.41, 5.74) is 5.68. The quantitative estimate of drug-likeness (QED) is 0.0415. The molecule has 9 heteroatoms. The van der Waals surface area contributed by atoms with Gasteiger partial charge in [-0.05, 0) is 32.2 Å². The van der Waals surface area contributed by atoms with Gasteiger partial charge in [0.15, 0.2) is 0 Å². The Bertz CT molecular complexity index is 766. The van der Waals surface area contributed by atoms with Gasteiger partial charge in [-0.25, -0.2) is 0 Å². The second-order valence-electron chi connectivity index (χ2n) is 15.3. The zero-order valence-corrected chi connectivity index (χ0v) is 35.0. The second kappa shape index (κ2) is 41.5. The van der Waals surface area contributed by atoms with E-state index in [9.17, 15) is 19.5 Å². The van der Waals surface area contributed by atoms with E-state index in [-0.39, 0.29) is 50.8 Å². The lowest BCUT2D eigenvalue weighted by Crippen LogP contribution is -2.49. The first-order chi connectivity index (χ1) is 26.0. The molecule has 0 fully saturated rings. The zero-order valence-electron chi connectivity index (χ0n) is 35.0. The van der Waals surface area contributed by atoms with E-state index in [1.165, 1.54) is 128 Å². The molecule has 0 spiro atoms. The summed E-state index contributed by atoms with van der Waals surface area (Å²) in [5.74, 6) is -0.610. The molecular weight excluding hydrogens is 666 g/mol. The highest BCUT2D eigenvalue weighted by atomic mass is 16.5. The number of nitrogens with two attached hydrogens (primary N) is 1. The van der Waals surface area contributed by atoms with Gasteiger partial charge in [0, 0.05) is 19.4 Å². The van der Waals surface area contributed by atoms with Gasteiger partial charge in [0.2, 0.25) is 5.91 Å². The van der Waals surface area contributed by atoms with E-state index in [4.69, 9.17) is 15.2 Å². The minimum absolute atomic E-state index is 0.0751. The monoisotopic (exact) mass is 754 g/mol. The van der Waals surface area contributed by atoms with Crippen LogP contribution in [0.5, 0.6) is 0 Å². The van der Waals surface area contributed by atoms with E-state index in [0.29, 0.717) is 32.4 Å². The van der Waals surface area contributed by atoms with E-state index in [1.807, 2.05) is 0 Å². The molecule has 0 rings (SSSR count). The van der Waals surface area contributed by atoms with Gasteiger partial charge in [-0.2, -0.15) is 0 Å². The molecule has 0 aliphatic rings. The molecule has 0 radical (unpaired) electrons. The van der Waals surface area contributed by atoms with Gasteiger partial charge in [-0.1, -0.05) is 174 Å². The Balaban J connectivity index is 4.42. The van der Waals surface area contributed by atoms with Crippen molar-refractivity contribution < 1.29 is 29.0 Å². The molecule has 0 saturated heterocycles. The molecule has 0 aromatic heterocycles. The van der Waals surface area contributed by atoms with Crippen LogP contribution in [0.2, 0.25) is 0 Å². The van der Waals surface area contributed by atoms with Crippen molar-refractivity contribution in [2.24, 2.45) is 5.73 Å². The zero-order chi connectivity index (χ0) is 38.9. The number of hydrogen-bond acceptors (Lipinski definition) is 8. The van der Waals surface area contributed by atoms with Crippen LogP contribution in [-0.2, 0) is 23.9 Å². The third-order valence-corrected chi connectivity index (χ3v) is 10.3. The molecule has 0 aromatic carbocycles. The number of amides is 1. The number of hydrogen-bond donors (Lipinski definition) is 3. The summed E-state index contributed by atoms with van der Waals surface area (Å²) in [6.07, 6.45) is 35.6. The van der Waals surface area contributed by atoms with Crippen LogP contribution >= 0.6 is 0 Å². The molecule has 1 atom stereocenters. The Kier molecular flexibility index (Phi) is 40.1. The van der Waals surface area contributed by atoms with Crippen LogP contribution in [0.25, 0.3) is 0 Å². The van der Waals surface area contributed by atoms with Crippen LogP contribution in [0.1, 0.15) is 213 Å². The molecule has 53 heavy (non-hydrogen) atoms. The minimum atomic E-state index is -0.489. The van der Waals surface area contributed by atoms with Crippen molar-refractivity contribution in [3.8, 4) is 0 Å². The Morgan fingerprint density at radius 2 is 0.906 bits per heavy atom. The van der Waals surface area contributed by atoms with Gasteiger partial charge in [-0.3, -0.25) is 14.4 Å². The summed E-state index contributed by atoms with van der Waals surface area (Å²) < 4.78 is 11.1. The average molecular weight is 754 g/mol. The normalized spacial score (nSPS) is 11.8. The molecule has 4 N–H and O–H groups in total. The molecule has 0 aliphatic carbocycles. The smallest absolute Gasteiger partial charge is 0.305 e. The van der Waals surface area contributed by atoms with Crippen molar-refractivity contribution in [3.63, 3.8) is 0 Å². The van der Waals surface area contributed by atoms with Gasteiger partial charge >= 0.3 is 11.9 Å². The lowest BCUT2D eigenvalue weighted by atomic mass is 10.0. The van der Waals surface area contributed by atoms with Crippen molar-refractivity contribution >= 4 is 17.8 Å². The van der Waals surface area contributed by atoms with Crippen LogP contribution in [0, 0.1) is 0 Å². The van der Waals surface area contributed by atoms with Crippen LogP contribution in [0.3, 0.4) is 0 Å². The maximum absolute atomic E-state index is 13.6. The molecular formula is C44H87N3O6. The minimum Gasteiger partial charge on any atom is -0.464 e. The third-order valence-electron chi connectivity index (χ3n) is 10.3. The summed E-state index contributed by atoms with van der Waals surface area (Å²) in [6, 6.07) is -0.489. The van der Waals surface area contributed by atoms with E-state index >= 15 is 0 Å². The highest BCUT2D eigenvalue weighted by Crippen LogP contribution is 2.15. The number of esters is 2. The Labute approximate surface area is 327 Å². The number of nitrogens with zero attached hydrogens (tertiary/aromatic N) is 1. The number of nitrogens with one attached hydrogen (secondary N) is 1. The fourth-order valence-corrected chi connectivity index (χ4v) is 6.85. The number of carbonyl (C=O) groups excluding carboxylic acids is 3. The summed E-state index contributed by atoms with van der Waals surface area (Å²) in [5, 5.41) is 12.5. The van der Waals surface area contributed by atoms with E-state index < -0.39 is 6.04 Å². The Morgan fingerprint density at radius 1 is 0.547 bits per heavy atom. The van der Waals surface area contributed by atoms with Crippen molar-refractivity contribution in [1.82, 2.24) is 10.2 Å². The molecule has 0 heterocycles. The summed E-state index contributed by atoms with van der Waals surface area (Å²) in [4.78, 5) is 40.1. The molecule has 9 nitrogen and oxygen atoms in total. The maximum Gasteiger partial charge on any atom is 0.305 e. The van der Waals surface area contributed by atoms with Crippen molar-refractivity contribution in [1.29, 1.82) is 0 Å². The fraction of sp³-hybridized carbons (Fsp3) is 0.932. The lowest BCUT2D eigenvalue weighted by Gasteiger charge is -2.28. The topological polar surface area (TPSA) is 131 Å². The van der Waals surface area contributed by atoms with Gasteiger partial charge in [0.1, 0.15) is 13.2 Å². The number of rotatable bonds is 42. The average Bonchev–Trinajstić information content (AvgIpc) is 3.15. The third kappa shape index (κ3) is 35.7. The lowest BCUT2D eigenvalue weighted by molar-refractivity contribution is -0.148. The van der Waals surface area contributed by atoms with Crippen LogP contribution in [0.15, 0.2) is 0 Å². The Hall–Kier alpha value is -1.71. The largest absolute Gasteiger partial charge is 0.464 e. The Morgan fingerprint density at radius 3 is 1.25 bits per heavy atom. The predicted octanol–water partition coefficient (Wildman–Crippen LogP) is 9.94. The van der Waals surface area contributed by atoms with E-state index in [0.717, 1.165) is 51.4 Å². The van der Waals surface area contributed by atoms with Gasteiger partial charge < -0.3 is 30.5 Å². The number of aliphatic hydroxyl groups is 1. The van der Waals surface area contributed by atoms with E-state index in [2.05, 4.69) is 19.2 Å². The van der Waals surface area contributed by atoms with Crippen LogP contribution in [0.4, 0.5) is 0 Å². The van der Waals surface area contributed by atoms with Gasteiger partial charge in [0.05, 0.1) is 25.7 Å². The molecule has 0 aliphatic heterocycles. The number of aliphatic hydroxyl groups excluding tert-OH is 1. The summed E-state index contributed by atoms with van der Waals surface area (Å²) in [7, 11) is 0. The van der Waals surface area contributed by atoms with Crippen LogP contribution < -0.4 is 11.1 Å². The number of ether oxygens (including phenoxy) is 2. The van der Waals surface area contributed by atoms with Crippen molar-refractivity contribution in [3.05, 3.63) is 0 Å². The summed E-state index contributed by atoms with van der Waals surface area (Å²) >= 11 is 0. The van der Waals surface area contributed by atoms with Crippen LogP contribution in [-0.4, -0.2) is 79.9 Å². The first-order valence-electron chi connectivity index (χ1n) is 22.6. The van der Waals surface area contributed by atoms with Crippen molar-refractivity contribution in [2.75, 3.05) is 46.0 Å². The molecule has 1 amide bonds. The summed E-state index contributed by atoms with van der Waals surface area (Å²) in [6.45, 7) is 5.96.